The fraction of sp³-hybridized carbons (Fsp3) is 0.0625. The minimum atomic E-state index is -0.183. The van der Waals surface area contributed by atoms with Crippen LogP contribution in [0.3, 0.4) is 0 Å². The lowest BCUT2D eigenvalue weighted by Gasteiger charge is -2.04. The molecule has 0 aliphatic rings. The molecule has 96 valence electrons. The standard InChI is InChI=1S/C16H15NOS/c1-12-7-9-14(10-8-12)17-16(18)11-15(19)13-5-3-2-4-6-13/h2-11,19H,1H3,(H,17,18)/b15-11+. The summed E-state index contributed by atoms with van der Waals surface area (Å²) in [6, 6.07) is 17.3. The van der Waals surface area contributed by atoms with Gasteiger partial charge in [0.05, 0.1) is 0 Å². The van der Waals surface area contributed by atoms with E-state index in [2.05, 4.69) is 17.9 Å². The summed E-state index contributed by atoms with van der Waals surface area (Å²) in [5.74, 6) is -0.183. The number of carbonyl (C=O) groups excluding carboxylic acids is 1. The molecular weight excluding hydrogens is 254 g/mol. The van der Waals surface area contributed by atoms with Crippen molar-refractivity contribution in [1.29, 1.82) is 0 Å². The fourth-order valence-electron chi connectivity index (χ4n) is 1.63. The summed E-state index contributed by atoms with van der Waals surface area (Å²) >= 11 is 4.34. The fourth-order valence-corrected chi connectivity index (χ4v) is 1.90. The molecule has 0 bridgehead atoms. The van der Waals surface area contributed by atoms with Crippen LogP contribution in [-0.4, -0.2) is 5.91 Å². The van der Waals surface area contributed by atoms with E-state index in [1.165, 1.54) is 6.08 Å². The van der Waals surface area contributed by atoms with E-state index < -0.39 is 0 Å². The van der Waals surface area contributed by atoms with E-state index in [0.29, 0.717) is 4.91 Å². The van der Waals surface area contributed by atoms with Gasteiger partial charge in [-0.05, 0) is 24.6 Å². The van der Waals surface area contributed by atoms with Crippen LogP contribution in [0.15, 0.2) is 60.7 Å². The summed E-state index contributed by atoms with van der Waals surface area (Å²) in [7, 11) is 0. The SMILES string of the molecule is Cc1ccc(NC(=O)/C=C(/S)c2ccccc2)cc1. The molecule has 2 rings (SSSR count). The molecule has 0 atom stereocenters. The molecule has 0 spiro atoms. The first kappa shape index (κ1) is 13.4. The van der Waals surface area contributed by atoms with Gasteiger partial charge in [0.2, 0.25) is 5.91 Å². The van der Waals surface area contributed by atoms with Crippen LogP contribution in [0.5, 0.6) is 0 Å². The summed E-state index contributed by atoms with van der Waals surface area (Å²) in [4.78, 5) is 12.5. The topological polar surface area (TPSA) is 29.1 Å². The number of rotatable bonds is 3. The lowest BCUT2D eigenvalue weighted by molar-refractivity contribution is -0.111. The van der Waals surface area contributed by atoms with Crippen LogP contribution < -0.4 is 5.32 Å². The van der Waals surface area contributed by atoms with Crippen molar-refractivity contribution >= 4 is 29.1 Å². The molecule has 0 unspecified atom stereocenters. The van der Waals surface area contributed by atoms with E-state index in [9.17, 15) is 4.79 Å². The number of anilines is 1. The summed E-state index contributed by atoms with van der Waals surface area (Å²) in [5, 5.41) is 2.81. The van der Waals surface area contributed by atoms with Crippen molar-refractivity contribution in [3.63, 3.8) is 0 Å². The van der Waals surface area contributed by atoms with Gasteiger partial charge in [-0.15, -0.1) is 12.6 Å². The average molecular weight is 269 g/mol. The number of thiol groups is 1. The highest BCUT2D eigenvalue weighted by Gasteiger charge is 2.01. The third-order valence-electron chi connectivity index (χ3n) is 2.66. The van der Waals surface area contributed by atoms with Gasteiger partial charge in [-0.25, -0.2) is 0 Å². The minimum Gasteiger partial charge on any atom is -0.322 e. The van der Waals surface area contributed by atoms with Crippen molar-refractivity contribution in [3.05, 3.63) is 71.8 Å². The normalized spacial score (nSPS) is 11.2. The van der Waals surface area contributed by atoms with Crippen LogP contribution in [-0.2, 0) is 4.79 Å². The van der Waals surface area contributed by atoms with Crippen LogP contribution in [0.1, 0.15) is 11.1 Å². The predicted octanol–water partition coefficient (Wildman–Crippen LogP) is 3.90. The summed E-state index contributed by atoms with van der Waals surface area (Å²) in [5.41, 5.74) is 2.86. The zero-order valence-corrected chi connectivity index (χ0v) is 11.5. The summed E-state index contributed by atoms with van der Waals surface area (Å²) in [6.07, 6.45) is 1.48. The molecule has 2 aromatic carbocycles. The van der Waals surface area contributed by atoms with Gasteiger partial charge in [0.15, 0.2) is 0 Å². The zero-order chi connectivity index (χ0) is 13.7. The largest absolute Gasteiger partial charge is 0.322 e. The first-order valence-electron chi connectivity index (χ1n) is 5.99. The molecule has 0 saturated heterocycles. The molecule has 0 fully saturated rings. The smallest absolute Gasteiger partial charge is 0.249 e. The maximum atomic E-state index is 11.8. The maximum Gasteiger partial charge on any atom is 0.249 e. The highest BCUT2D eigenvalue weighted by molar-refractivity contribution is 7.90. The van der Waals surface area contributed by atoms with E-state index in [1.54, 1.807) is 0 Å². The van der Waals surface area contributed by atoms with Gasteiger partial charge >= 0.3 is 0 Å². The molecular formula is C16H15NOS. The molecule has 3 heteroatoms. The quantitative estimate of drug-likeness (QED) is 0.642. The van der Waals surface area contributed by atoms with Crippen LogP contribution in [0.25, 0.3) is 4.91 Å². The Morgan fingerprint density at radius 3 is 2.32 bits per heavy atom. The van der Waals surface area contributed by atoms with Crippen LogP contribution >= 0.6 is 12.6 Å². The van der Waals surface area contributed by atoms with Crippen LogP contribution in [0, 0.1) is 6.92 Å². The predicted molar refractivity (Wildman–Crippen MR) is 83.2 cm³/mol. The number of amides is 1. The maximum absolute atomic E-state index is 11.8. The molecule has 1 N–H and O–H groups in total. The third-order valence-corrected chi connectivity index (χ3v) is 3.04. The molecule has 2 nitrogen and oxygen atoms in total. The zero-order valence-electron chi connectivity index (χ0n) is 10.6. The lowest BCUT2D eigenvalue weighted by Crippen LogP contribution is -2.08. The van der Waals surface area contributed by atoms with Crippen LogP contribution in [0.4, 0.5) is 5.69 Å². The van der Waals surface area contributed by atoms with E-state index in [1.807, 2.05) is 61.5 Å². The van der Waals surface area contributed by atoms with Gasteiger partial charge in [0, 0.05) is 16.7 Å². The van der Waals surface area contributed by atoms with Crippen molar-refractivity contribution in [2.75, 3.05) is 5.32 Å². The Balaban J connectivity index is 2.07. The molecule has 0 radical (unpaired) electrons. The van der Waals surface area contributed by atoms with Gasteiger partial charge in [-0.1, -0.05) is 48.0 Å². The second kappa shape index (κ2) is 6.25. The van der Waals surface area contributed by atoms with E-state index in [-0.39, 0.29) is 5.91 Å². The van der Waals surface area contributed by atoms with E-state index in [0.717, 1.165) is 16.8 Å². The Morgan fingerprint density at radius 1 is 1.05 bits per heavy atom. The van der Waals surface area contributed by atoms with Crippen molar-refractivity contribution in [2.24, 2.45) is 0 Å². The Kier molecular flexibility index (Phi) is 4.42. The van der Waals surface area contributed by atoms with Gasteiger partial charge in [0.25, 0.3) is 0 Å². The van der Waals surface area contributed by atoms with E-state index >= 15 is 0 Å². The van der Waals surface area contributed by atoms with Crippen molar-refractivity contribution in [3.8, 4) is 0 Å². The second-order valence-corrected chi connectivity index (χ2v) is 4.73. The van der Waals surface area contributed by atoms with Crippen molar-refractivity contribution < 1.29 is 4.79 Å². The first-order valence-corrected chi connectivity index (χ1v) is 6.43. The summed E-state index contributed by atoms with van der Waals surface area (Å²) in [6.45, 7) is 2.01. The highest BCUT2D eigenvalue weighted by atomic mass is 32.1. The molecule has 2 aromatic rings. The average Bonchev–Trinajstić information content (AvgIpc) is 2.42. The second-order valence-electron chi connectivity index (χ2n) is 4.25. The molecule has 1 amide bonds. The monoisotopic (exact) mass is 269 g/mol. The summed E-state index contributed by atoms with van der Waals surface area (Å²) < 4.78 is 0. The lowest BCUT2D eigenvalue weighted by atomic mass is 10.2. The Bertz CT molecular complexity index is 588. The van der Waals surface area contributed by atoms with E-state index in [4.69, 9.17) is 0 Å². The van der Waals surface area contributed by atoms with Gasteiger partial charge in [-0.2, -0.15) is 0 Å². The highest BCUT2D eigenvalue weighted by Crippen LogP contribution is 2.18. The molecule has 0 aromatic heterocycles. The number of nitrogens with one attached hydrogen (secondary N) is 1. The Hall–Kier alpha value is -2.00. The molecule has 0 aliphatic heterocycles. The number of benzene rings is 2. The number of hydrogen-bond donors (Lipinski definition) is 2. The van der Waals surface area contributed by atoms with Gasteiger partial charge in [-0.3, -0.25) is 4.79 Å². The molecule has 0 aliphatic carbocycles. The first-order chi connectivity index (χ1) is 9.15. The number of carbonyl (C=O) groups is 1. The Labute approximate surface area is 118 Å². The Morgan fingerprint density at radius 2 is 1.68 bits per heavy atom. The number of aryl methyl sites for hydroxylation is 1. The number of hydrogen-bond acceptors (Lipinski definition) is 2. The molecule has 0 heterocycles. The van der Waals surface area contributed by atoms with Gasteiger partial charge < -0.3 is 5.32 Å². The van der Waals surface area contributed by atoms with Crippen molar-refractivity contribution in [1.82, 2.24) is 0 Å². The minimum absolute atomic E-state index is 0.183. The third kappa shape index (κ3) is 4.00. The molecule has 19 heavy (non-hydrogen) atoms. The molecule has 0 saturated carbocycles. The van der Waals surface area contributed by atoms with Gasteiger partial charge in [0.1, 0.15) is 0 Å². The van der Waals surface area contributed by atoms with Crippen molar-refractivity contribution in [2.45, 2.75) is 6.92 Å². The van der Waals surface area contributed by atoms with Crippen LogP contribution in [0.2, 0.25) is 0 Å².